The van der Waals surface area contributed by atoms with Gasteiger partial charge >= 0.3 is 0 Å². The monoisotopic (exact) mass is 424 g/mol. The predicted molar refractivity (Wildman–Crippen MR) is 106 cm³/mol. The van der Waals surface area contributed by atoms with E-state index >= 15 is 0 Å². The number of nitrogens with one attached hydrogen (secondary N) is 1. The van der Waals surface area contributed by atoms with Crippen molar-refractivity contribution in [1.29, 1.82) is 0 Å². The van der Waals surface area contributed by atoms with Crippen LogP contribution in [0.4, 0.5) is 0 Å². The molecule has 3 aromatic rings. The first-order chi connectivity index (χ1) is 12.7. The molecule has 0 amide bonds. The molecule has 4 rings (SSSR count). The molecule has 1 saturated heterocycles. The molecule has 0 bridgehead atoms. The molecule has 1 aromatic carbocycles. The maximum absolute atomic E-state index is 6.18. The van der Waals surface area contributed by atoms with Crippen molar-refractivity contribution in [3.05, 3.63) is 47.2 Å². The van der Waals surface area contributed by atoms with Crippen LogP contribution in [0.15, 0.2) is 50.8 Å². The highest BCUT2D eigenvalue weighted by molar-refractivity contribution is 7.99. The van der Waals surface area contributed by atoms with Gasteiger partial charge in [-0.15, -0.1) is 22.6 Å². The van der Waals surface area contributed by atoms with Crippen LogP contribution in [0.25, 0.3) is 11.6 Å². The second-order valence-electron chi connectivity index (χ2n) is 5.95. The van der Waals surface area contributed by atoms with Crippen LogP contribution in [0, 0.1) is 0 Å². The third-order valence-corrected chi connectivity index (χ3v) is 5.61. The first kappa shape index (κ1) is 20.0. The normalized spacial score (nSPS) is 17.5. The summed E-state index contributed by atoms with van der Waals surface area (Å²) < 4.78 is 5.38. The molecule has 1 unspecified atom stereocenters. The fourth-order valence-corrected chi connectivity index (χ4v) is 3.70. The van der Waals surface area contributed by atoms with Crippen molar-refractivity contribution in [2.24, 2.45) is 0 Å². The van der Waals surface area contributed by atoms with Crippen molar-refractivity contribution in [2.75, 3.05) is 26.7 Å². The number of hydrogen-bond acceptors (Lipinski definition) is 8. The molecule has 0 saturated carbocycles. The quantitative estimate of drug-likeness (QED) is 0.682. The molecule has 1 fully saturated rings. The summed E-state index contributed by atoms with van der Waals surface area (Å²) in [7, 11) is 2.06. The second kappa shape index (κ2) is 8.99. The fraction of sp³-hybridized carbons (Fsp3) is 0.294. The van der Waals surface area contributed by atoms with E-state index in [0.717, 1.165) is 29.6 Å². The molecule has 2 aromatic heterocycles. The summed E-state index contributed by atoms with van der Waals surface area (Å²) in [5, 5.41) is 17.3. The van der Waals surface area contributed by atoms with Gasteiger partial charge in [0, 0.05) is 24.5 Å². The van der Waals surface area contributed by atoms with Crippen LogP contribution in [0.3, 0.4) is 0 Å². The highest BCUT2D eigenvalue weighted by Gasteiger charge is 2.25. The van der Waals surface area contributed by atoms with Crippen LogP contribution >= 0.6 is 35.8 Å². The van der Waals surface area contributed by atoms with Crippen LogP contribution in [0.5, 0.6) is 0 Å². The number of hydrogen-bond donors (Lipinski definition) is 1. The number of likely N-dealkylation sites (N-methyl/N-ethyl adjacent to an activating group) is 1. The molecule has 0 aliphatic carbocycles. The van der Waals surface area contributed by atoms with Gasteiger partial charge in [-0.25, -0.2) is 0 Å². The Labute approximate surface area is 172 Å². The van der Waals surface area contributed by atoms with E-state index in [-0.39, 0.29) is 18.4 Å². The summed E-state index contributed by atoms with van der Waals surface area (Å²) in [6, 6.07) is 11.4. The van der Waals surface area contributed by atoms with Gasteiger partial charge in [0.1, 0.15) is 5.03 Å². The van der Waals surface area contributed by atoms with Gasteiger partial charge in [-0.3, -0.25) is 4.90 Å². The number of piperazine rings is 1. The Balaban J connectivity index is 0.00000210. The molecule has 3 heterocycles. The number of rotatable bonds is 4. The van der Waals surface area contributed by atoms with Crippen LogP contribution < -0.4 is 5.32 Å². The molecule has 1 aliphatic heterocycles. The van der Waals surface area contributed by atoms with Gasteiger partial charge in [0.25, 0.3) is 5.89 Å². The van der Waals surface area contributed by atoms with E-state index in [4.69, 9.17) is 16.1 Å². The van der Waals surface area contributed by atoms with Crippen LogP contribution in [-0.4, -0.2) is 51.9 Å². The van der Waals surface area contributed by atoms with E-state index in [1.54, 1.807) is 0 Å². The van der Waals surface area contributed by atoms with Crippen LogP contribution in [0.2, 0.25) is 5.02 Å². The Morgan fingerprint density at radius 2 is 2.07 bits per heavy atom. The third-order valence-electron chi connectivity index (χ3n) is 4.16. The zero-order valence-corrected chi connectivity index (χ0v) is 16.9. The lowest BCUT2D eigenvalue weighted by molar-refractivity contribution is 0.190. The summed E-state index contributed by atoms with van der Waals surface area (Å²) in [4.78, 5) is 7.64. The lowest BCUT2D eigenvalue weighted by Gasteiger charge is -2.30. The summed E-state index contributed by atoms with van der Waals surface area (Å²) in [5.41, 5.74) is 0.554. The van der Waals surface area contributed by atoms with E-state index in [2.05, 4.69) is 37.6 Å². The van der Waals surface area contributed by atoms with Crippen molar-refractivity contribution in [2.45, 2.75) is 16.0 Å². The first-order valence-electron chi connectivity index (χ1n) is 8.22. The number of halogens is 2. The molecule has 142 valence electrons. The molecule has 1 aliphatic rings. The number of aromatic nitrogens is 4. The molecule has 1 atom stereocenters. The molecule has 7 nitrogen and oxygen atoms in total. The zero-order valence-electron chi connectivity index (χ0n) is 14.5. The van der Waals surface area contributed by atoms with Gasteiger partial charge in [-0.2, -0.15) is 4.98 Å². The van der Waals surface area contributed by atoms with E-state index < -0.39 is 0 Å². The number of benzene rings is 1. The highest BCUT2D eigenvalue weighted by atomic mass is 35.5. The van der Waals surface area contributed by atoms with Crippen molar-refractivity contribution >= 4 is 35.8 Å². The Bertz CT molecular complexity index is 891. The largest absolute Gasteiger partial charge is 0.332 e. The maximum Gasteiger partial charge on any atom is 0.278 e. The molecule has 27 heavy (non-hydrogen) atoms. The minimum absolute atomic E-state index is 0. The molecule has 10 heteroatoms. The van der Waals surface area contributed by atoms with Gasteiger partial charge < -0.3 is 9.84 Å². The first-order valence-corrected chi connectivity index (χ1v) is 9.41. The lowest BCUT2D eigenvalue weighted by atomic mass is 10.2. The van der Waals surface area contributed by atoms with Gasteiger partial charge in [0.15, 0.2) is 11.5 Å². The SMILES string of the molecule is CN1CCNCC1c1noc(-c2ccc(Sc3ccccc3Cl)nn2)n1.Cl. The Kier molecular flexibility index (Phi) is 6.67. The summed E-state index contributed by atoms with van der Waals surface area (Å²) in [6.45, 7) is 2.71. The minimum Gasteiger partial charge on any atom is -0.332 e. The van der Waals surface area contributed by atoms with Crippen molar-refractivity contribution in [1.82, 2.24) is 30.6 Å². The predicted octanol–water partition coefficient (Wildman–Crippen LogP) is 3.33. The van der Waals surface area contributed by atoms with Crippen LogP contribution in [-0.2, 0) is 0 Å². The van der Waals surface area contributed by atoms with E-state index in [9.17, 15) is 0 Å². The smallest absolute Gasteiger partial charge is 0.278 e. The van der Waals surface area contributed by atoms with Gasteiger partial charge in [0.05, 0.1) is 11.1 Å². The molecule has 0 radical (unpaired) electrons. The minimum atomic E-state index is 0. The highest BCUT2D eigenvalue weighted by Crippen LogP contribution is 2.32. The molecule has 1 N–H and O–H groups in total. The van der Waals surface area contributed by atoms with E-state index in [0.29, 0.717) is 22.4 Å². The van der Waals surface area contributed by atoms with Crippen molar-refractivity contribution < 1.29 is 4.52 Å². The van der Waals surface area contributed by atoms with Gasteiger partial charge in [0.2, 0.25) is 0 Å². The zero-order chi connectivity index (χ0) is 17.9. The third kappa shape index (κ3) is 4.59. The van der Waals surface area contributed by atoms with E-state index in [1.807, 2.05) is 36.4 Å². The average molecular weight is 425 g/mol. The summed E-state index contributed by atoms with van der Waals surface area (Å²) >= 11 is 7.64. The topological polar surface area (TPSA) is 80.0 Å². The summed E-state index contributed by atoms with van der Waals surface area (Å²) in [6.07, 6.45) is 0. The van der Waals surface area contributed by atoms with Gasteiger partial charge in [-0.1, -0.05) is 40.7 Å². The molecular formula is C17H18Cl2N6OS. The van der Waals surface area contributed by atoms with Crippen LogP contribution in [0.1, 0.15) is 11.9 Å². The average Bonchev–Trinajstić information content (AvgIpc) is 3.14. The number of nitrogens with zero attached hydrogens (tertiary/aromatic N) is 5. The standard InChI is InChI=1S/C17H17ClN6OS.ClH/c1-24-9-8-19-10-13(24)16-20-17(25-23-16)12-6-7-15(22-21-12)26-14-5-3-2-4-11(14)18;/h2-7,13,19H,8-10H2,1H3;1H. The van der Waals surface area contributed by atoms with E-state index in [1.165, 1.54) is 11.8 Å². The second-order valence-corrected chi connectivity index (χ2v) is 7.42. The summed E-state index contributed by atoms with van der Waals surface area (Å²) in [5.74, 6) is 1.03. The molecular weight excluding hydrogens is 407 g/mol. The Morgan fingerprint density at radius 1 is 1.22 bits per heavy atom. The lowest BCUT2D eigenvalue weighted by Crippen LogP contribution is -2.44. The maximum atomic E-state index is 6.18. The van der Waals surface area contributed by atoms with Gasteiger partial charge in [-0.05, 0) is 31.3 Å². The Morgan fingerprint density at radius 3 is 2.81 bits per heavy atom. The molecule has 0 spiro atoms. The van der Waals surface area contributed by atoms with Crippen molar-refractivity contribution in [3.63, 3.8) is 0 Å². The van der Waals surface area contributed by atoms with Crippen molar-refractivity contribution in [3.8, 4) is 11.6 Å². The fourth-order valence-electron chi connectivity index (χ4n) is 2.70. The Hall–Kier alpha value is -1.71.